The van der Waals surface area contributed by atoms with E-state index in [-0.39, 0.29) is 11.9 Å². The minimum absolute atomic E-state index is 0.146. The highest BCUT2D eigenvalue weighted by Crippen LogP contribution is 2.25. The molecule has 0 saturated carbocycles. The van der Waals surface area contributed by atoms with E-state index < -0.39 is 0 Å². The van der Waals surface area contributed by atoms with Gasteiger partial charge in [0.25, 0.3) is 0 Å². The molecule has 94 valence electrons. The summed E-state index contributed by atoms with van der Waals surface area (Å²) in [5, 5.41) is 8.42. The lowest BCUT2D eigenvalue weighted by molar-refractivity contribution is 0.456. The molecular formula is C13H15FN4. The third-order valence-electron chi connectivity index (χ3n) is 3.41. The monoisotopic (exact) mass is 246 g/mol. The van der Waals surface area contributed by atoms with Crippen molar-refractivity contribution >= 4 is 0 Å². The lowest BCUT2D eigenvalue weighted by Crippen LogP contribution is -2.32. The quantitative estimate of drug-likeness (QED) is 0.832. The molecule has 0 spiro atoms. The Balaban J connectivity index is 2.10. The van der Waals surface area contributed by atoms with E-state index in [0.717, 1.165) is 42.2 Å². The predicted octanol–water partition coefficient (Wildman–Crippen LogP) is 1.67. The van der Waals surface area contributed by atoms with Gasteiger partial charge in [-0.05, 0) is 37.1 Å². The van der Waals surface area contributed by atoms with Crippen LogP contribution in [0.3, 0.4) is 0 Å². The van der Waals surface area contributed by atoms with Gasteiger partial charge in [0, 0.05) is 24.6 Å². The van der Waals surface area contributed by atoms with Gasteiger partial charge in [0.2, 0.25) is 0 Å². The molecule has 2 aromatic rings. The molecular weight excluding hydrogens is 231 g/mol. The van der Waals surface area contributed by atoms with E-state index >= 15 is 0 Å². The predicted molar refractivity (Wildman–Crippen MR) is 66.4 cm³/mol. The highest BCUT2D eigenvalue weighted by atomic mass is 19.1. The summed E-state index contributed by atoms with van der Waals surface area (Å²) in [6.07, 6.45) is 1.80. The Bertz CT molecular complexity index is 591. The average Bonchev–Trinajstić information content (AvgIpc) is 2.72. The molecule has 0 fully saturated rings. The Hall–Kier alpha value is -1.75. The summed E-state index contributed by atoms with van der Waals surface area (Å²) in [6.45, 7) is 2.61. The summed E-state index contributed by atoms with van der Waals surface area (Å²) in [7, 11) is 0. The number of benzene rings is 1. The van der Waals surface area contributed by atoms with E-state index in [9.17, 15) is 4.39 Å². The first kappa shape index (κ1) is 11.3. The first-order valence-corrected chi connectivity index (χ1v) is 6.09. The minimum Gasteiger partial charge on any atom is -0.326 e. The van der Waals surface area contributed by atoms with Gasteiger partial charge in [0.15, 0.2) is 5.82 Å². The summed E-state index contributed by atoms with van der Waals surface area (Å²) < 4.78 is 15.2. The topological polar surface area (TPSA) is 56.7 Å². The van der Waals surface area contributed by atoms with Crippen LogP contribution in [0, 0.1) is 12.7 Å². The molecule has 4 nitrogen and oxygen atoms in total. The van der Waals surface area contributed by atoms with E-state index in [1.54, 1.807) is 6.07 Å². The van der Waals surface area contributed by atoms with Crippen LogP contribution >= 0.6 is 0 Å². The van der Waals surface area contributed by atoms with Crippen LogP contribution in [0.25, 0.3) is 11.4 Å². The number of aromatic nitrogens is 3. The molecule has 2 heterocycles. The van der Waals surface area contributed by atoms with Crippen molar-refractivity contribution in [3.05, 3.63) is 35.4 Å². The molecule has 1 aliphatic heterocycles. The van der Waals surface area contributed by atoms with Gasteiger partial charge in [-0.15, -0.1) is 10.2 Å². The molecule has 0 saturated heterocycles. The van der Waals surface area contributed by atoms with Gasteiger partial charge >= 0.3 is 0 Å². The normalized spacial score (nSPS) is 18.7. The number of hydrogen-bond donors (Lipinski definition) is 1. The van der Waals surface area contributed by atoms with Crippen molar-refractivity contribution in [2.24, 2.45) is 5.73 Å². The molecule has 0 radical (unpaired) electrons. The van der Waals surface area contributed by atoms with Crippen LogP contribution in [-0.2, 0) is 13.0 Å². The fourth-order valence-electron chi connectivity index (χ4n) is 2.43. The molecule has 2 N–H and O–H groups in total. The molecule has 1 unspecified atom stereocenters. The van der Waals surface area contributed by atoms with Crippen LogP contribution < -0.4 is 5.73 Å². The number of hydrogen-bond acceptors (Lipinski definition) is 3. The molecule has 1 aliphatic rings. The molecule has 3 rings (SSSR count). The third kappa shape index (κ3) is 1.80. The smallest absolute Gasteiger partial charge is 0.164 e. The summed E-state index contributed by atoms with van der Waals surface area (Å²) in [5.41, 5.74) is 7.77. The van der Waals surface area contributed by atoms with E-state index in [4.69, 9.17) is 5.73 Å². The molecule has 18 heavy (non-hydrogen) atoms. The van der Waals surface area contributed by atoms with Crippen LogP contribution in [0.4, 0.5) is 4.39 Å². The second-order valence-electron chi connectivity index (χ2n) is 4.81. The van der Waals surface area contributed by atoms with Crippen molar-refractivity contribution in [1.29, 1.82) is 0 Å². The summed E-state index contributed by atoms with van der Waals surface area (Å²) in [6, 6.07) is 4.86. The van der Waals surface area contributed by atoms with Gasteiger partial charge in [-0.2, -0.15) is 0 Å². The summed E-state index contributed by atoms with van der Waals surface area (Å²) >= 11 is 0. The maximum Gasteiger partial charge on any atom is 0.164 e. The maximum absolute atomic E-state index is 13.1. The Morgan fingerprint density at radius 3 is 3.00 bits per heavy atom. The van der Waals surface area contributed by atoms with Crippen molar-refractivity contribution in [2.75, 3.05) is 0 Å². The highest BCUT2D eigenvalue weighted by Gasteiger charge is 2.21. The van der Waals surface area contributed by atoms with Crippen molar-refractivity contribution in [2.45, 2.75) is 32.4 Å². The fraction of sp³-hybridized carbons (Fsp3) is 0.385. The van der Waals surface area contributed by atoms with Crippen LogP contribution in [-0.4, -0.2) is 20.8 Å². The largest absolute Gasteiger partial charge is 0.326 e. The molecule has 5 heteroatoms. The molecule has 0 bridgehead atoms. The van der Waals surface area contributed by atoms with Crippen LogP contribution in [0.5, 0.6) is 0 Å². The Kier molecular flexibility index (Phi) is 2.63. The van der Waals surface area contributed by atoms with Crippen LogP contribution in [0.1, 0.15) is 17.8 Å². The zero-order valence-corrected chi connectivity index (χ0v) is 10.2. The van der Waals surface area contributed by atoms with Crippen LogP contribution in [0.2, 0.25) is 0 Å². The molecule has 0 amide bonds. The summed E-state index contributed by atoms with van der Waals surface area (Å²) in [5.74, 6) is 1.53. The first-order valence-electron chi connectivity index (χ1n) is 6.09. The van der Waals surface area contributed by atoms with Gasteiger partial charge in [-0.3, -0.25) is 0 Å². The number of nitrogens with zero attached hydrogens (tertiary/aromatic N) is 3. The minimum atomic E-state index is -0.230. The highest BCUT2D eigenvalue weighted by molar-refractivity contribution is 5.60. The zero-order chi connectivity index (χ0) is 12.7. The second-order valence-corrected chi connectivity index (χ2v) is 4.81. The second kappa shape index (κ2) is 4.17. The molecule has 1 aromatic carbocycles. The van der Waals surface area contributed by atoms with E-state index in [1.165, 1.54) is 12.1 Å². The van der Waals surface area contributed by atoms with Gasteiger partial charge < -0.3 is 10.3 Å². The average molecular weight is 246 g/mol. The number of aryl methyl sites for hydroxylation is 2. The van der Waals surface area contributed by atoms with E-state index in [2.05, 4.69) is 14.8 Å². The van der Waals surface area contributed by atoms with Gasteiger partial charge in [-0.1, -0.05) is 0 Å². The first-order chi connectivity index (χ1) is 8.65. The Morgan fingerprint density at radius 2 is 2.22 bits per heavy atom. The van der Waals surface area contributed by atoms with Gasteiger partial charge in [-0.25, -0.2) is 4.39 Å². The van der Waals surface area contributed by atoms with Gasteiger partial charge in [0.05, 0.1) is 0 Å². The number of fused-ring (bicyclic) bond motifs is 1. The lowest BCUT2D eigenvalue weighted by Gasteiger charge is -2.21. The summed E-state index contributed by atoms with van der Waals surface area (Å²) in [4.78, 5) is 0. The van der Waals surface area contributed by atoms with E-state index in [1.807, 2.05) is 6.92 Å². The fourth-order valence-corrected chi connectivity index (χ4v) is 2.43. The molecule has 0 aliphatic carbocycles. The third-order valence-corrected chi connectivity index (χ3v) is 3.41. The van der Waals surface area contributed by atoms with Crippen LogP contribution in [0.15, 0.2) is 18.2 Å². The van der Waals surface area contributed by atoms with E-state index in [0.29, 0.717) is 0 Å². The molecule has 1 atom stereocenters. The standard InChI is InChI=1S/C13H15FN4/c1-8-6-9(14)2-4-11(8)13-17-16-12-5-3-10(15)7-18(12)13/h2,4,6,10H,3,5,7,15H2,1H3. The number of rotatable bonds is 1. The number of halogens is 1. The SMILES string of the molecule is Cc1cc(F)ccc1-c1nnc2n1CC(N)CC2. The van der Waals surface area contributed by atoms with Crippen molar-refractivity contribution in [3.8, 4) is 11.4 Å². The Morgan fingerprint density at radius 1 is 1.39 bits per heavy atom. The lowest BCUT2D eigenvalue weighted by atomic mass is 10.1. The Labute approximate surface area is 105 Å². The molecule has 1 aromatic heterocycles. The van der Waals surface area contributed by atoms with Crippen molar-refractivity contribution < 1.29 is 4.39 Å². The zero-order valence-electron chi connectivity index (χ0n) is 10.2. The van der Waals surface area contributed by atoms with Crippen molar-refractivity contribution in [3.63, 3.8) is 0 Å². The maximum atomic E-state index is 13.1. The van der Waals surface area contributed by atoms with Gasteiger partial charge in [0.1, 0.15) is 11.6 Å². The number of nitrogens with two attached hydrogens (primary N) is 1. The van der Waals surface area contributed by atoms with Crippen molar-refractivity contribution in [1.82, 2.24) is 14.8 Å².